The molecular formula is C18H23NO6. The minimum absolute atomic E-state index is 0.0194. The van der Waals surface area contributed by atoms with Gasteiger partial charge in [-0.25, -0.2) is 9.59 Å². The number of nitrogens with one attached hydrogen (secondary N) is 1. The normalized spacial score (nSPS) is 15.8. The Kier molecular flexibility index (Phi) is 7.25. The molecule has 0 saturated heterocycles. The fourth-order valence-electron chi connectivity index (χ4n) is 2.69. The van der Waals surface area contributed by atoms with Gasteiger partial charge in [-0.15, -0.1) is 0 Å². The molecule has 0 heterocycles. The molecule has 1 aromatic carbocycles. The summed E-state index contributed by atoms with van der Waals surface area (Å²) >= 11 is 0. The van der Waals surface area contributed by atoms with Crippen molar-refractivity contribution in [3.8, 4) is 0 Å². The topological polar surface area (TPSA) is 102 Å². The van der Waals surface area contributed by atoms with Gasteiger partial charge in [0, 0.05) is 0 Å². The number of carbonyl (C=O) groups excluding carboxylic acids is 2. The molecule has 1 aliphatic rings. The third-order valence-corrected chi connectivity index (χ3v) is 4.02. The zero-order chi connectivity index (χ0) is 18.1. The number of amides is 1. The number of carboxylic acids is 1. The zero-order valence-electron chi connectivity index (χ0n) is 14.0. The predicted molar refractivity (Wildman–Crippen MR) is 88.8 cm³/mol. The molecule has 0 spiro atoms. The van der Waals surface area contributed by atoms with Crippen LogP contribution in [0.25, 0.3) is 0 Å². The summed E-state index contributed by atoms with van der Waals surface area (Å²) < 4.78 is 10.3. The number of benzene rings is 1. The van der Waals surface area contributed by atoms with E-state index in [1.807, 2.05) is 6.07 Å². The first-order valence-electron chi connectivity index (χ1n) is 8.44. The second-order valence-electron chi connectivity index (χ2n) is 6.05. The van der Waals surface area contributed by atoms with Gasteiger partial charge in [-0.3, -0.25) is 4.79 Å². The molecule has 2 rings (SSSR count). The summed E-state index contributed by atoms with van der Waals surface area (Å²) in [6.07, 6.45) is 3.27. The maximum Gasteiger partial charge on any atom is 0.408 e. The lowest BCUT2D eigenvalue weighted by atomic mass is 9.98. The Hall–Kier alpha value is -2.57. The molecule has 25 heavy (non-hydrogen) atoms. The van der Waals surface area contributed by atoms with E-state index >= 15 is 0 Å². The van der Waals surface area contributed by atoms with Crippen LogP contribution in [-0.4, -0.2) is 35.3 Å². The Morgan fingerprint density at radius 2 is 1.80 bits per heavy atom. The Labute approximate surface area is 146 Å². The summed E-state index contributed by atoms with van der Waals surface area (Å²) in [6.45, 7) is 0.0194. The predicted octanol–water partition coefficient (Wildman–Crippen LogP) is 2.63. The summed E-state index contributed by atoms with van der Waals surface area (Å²) in [4.78, 5) is 34.9. The molecule has 2 N–H and O–H groups in total. The molecule has 1 amide bonds. The second kappa shape index (κ2) is 9.66. The summed E-state index contributed by atoms with van der Waals surface area (Å²) in [5, 5.41) is 11.4. The van der Waals surface area contributed by atoms with E-state index in [1.54, 1.807) is 24.3 Å². The molecule has 7 nitrogen and oxygen atoms in total. The molecule has 1 aromatic rings. The van der Waals surface area contributed by atoms with Gasteiger partial charge in [0.25, 0.3) is 0 Å². The van der Waals surface area contributed by atoms with Crippen molar-refractivity contribution < 1.29 is 29.0 Å². The average molecular weight is 349 g/mol. The summed E-state index contributed by atoms with van der Waals surface area (Å²) in [7, 11) is 0. The number of rotatable bonds is 7. The summed E-state index contributed by atoms with van der Waals surface area (Å²) in [5.41, 5.74) is 0.779. The van der Waals surface area contributed by atoms with Crippen LogP contribution in [0, 0.1) is 0 Å². The molecule has 0 aromatic heterocycles. The molecule has 0 radical (unpaired) electrons. The number of alkyl carbamates (subject to hydrolysis) is 1. The average Bonchev–Trinajstić information content (AvgIpc) is 2.61. The Morgan fingerprint density at radius 3 is 2.44 bits per heavy atom. The first-order valence-corrected chi connectivity index (χ1v) is 8.44. The lowest BCUT2D eigenvalue weighted by molar-refractivity contribution is -0.154. The number of carboxylic acid groups (broad SMARTS) is 1. The van der Waals surface area contributed by atoms with Gasteiger partial charge in [0.2, 0.25) is 0 Å². The molecule has 1 aliphatic carbocycles. The quantitative estimate of drug-likeness (QED) is 0.734. The minimum atomic E-state index is -1.38. The van der Waals surface area contributed by atoms with Gasteiger partial charge in [-0.05, 0) is 31.2 Å². The largest absolute Gasteiger partial charge is 0.480 e. The first kappa shape index (κ1) is 18.8. The minimum Gasteiger partial charge on any atom is -0.480 e. The molecule has 7 heteroatoms. The Morgan fingerprint density at radius 1 is 1.12 bits per heavy atom. The van der Waals surface area contributed by atoms with Crippen molar-refractivity contribution in [1.82, 2.24) is 5.32 Å². The van der Waals surface area contributed by atoms with Gasteiger partial charge in [0.1, 0.15) is 18.8 Å². The van der Waals surface area contributed by atoms with Crippen LogP contribution in [0.3, 0.4) is 0 Å². The smallest absolute Gasteiger partial charge is 0.408 e. The van der Waals surface area contributed by atoms with Gasteiger partial charge in [0.05, 0.1) is 6.42 Å². The van der Waals surface area contributed by atoms with Crippen molar-refractivity contribution in [3.05, 3.63) is 35.9 Å². The number of ether oxygens (including phenoxy) is 2. The van der Waals surface area contributed by atoms with Crippen LogP contribution >= 0.6 is 0 Å². The standard InChI is InChI=1S/C18H23NO6/c20-16(25-14-9-5-2-6-10-14)11-15(17(21)22)19-18(23)24-12-13-7-3-1-4-8-13/h1,3-4,7-8,14-15H,2,5-6,9-12H2,(H,19,23)(H,21,22)/t15-/m1/s1. The van der Waals surface area contributed by atoms with Crippen molar-refractivity contribution in [3.63, 3.8) is 0 Å². The van der Waals surface area contributed by atoms with Crippen LogP contribution in [-0.2, 0) is 25.7 Å². The highest BCUT2D eigenvalue weighted by molar-refractivity contribution is 5.85. The number of hydrogen-bond acceptors (Lipinski definition) is 5. The van der Waals surface area contributed by atoms with E-state index in [4.69, 9.17) is 9.47 Å². The summed E-state index contributed by atoms with van der Waals surface area (Å²) in [5.74, 6) is -1.93. The van der Waals surface area contributed by atoms with Gasteiger partial charge >= 0.3 is 18.0 Å². The molecule has 0 bridgehead atoms. The van der Waals surface area contributed by atoms with Crippen LogP contribution in [0.4, 0.5) is 4.79 Å². The van der Waals surface area contributed by atoms with Crippen LogP contribution in [0.1, 0.15) is 44.1 Å². The van der Waals surface area contributed by atoms with E-state index in [0.29, 0.717) is 0 Å². The van der Waals surface area contributed by atoms with E-state index in [0.717, 1.165) is 37.7 Å². The Balaban J connectivity index is 1.77. The molecule has 0 unspecified atom stereocenters. The van der Waals surface area contributed by atoms with E-state index in [9.17, 15) is 19.5 Å². The van der Waals surface area contributed by atoms with Gasteiger partial charge in [0.15, 0.2) is 0 Å². The third kappa shape index (κ3) is 6.82. The lowest BCUT2D eigenvalue weighted by Crippen LogP contribution is -2.43. The molecule has 1 atom stereocenters. The van der Waals surface area contributed by atoms with E-state index in [2.05, 4.69) is 5.32 Å². The number of hydrogen-bond donors (Lipinski definition) is 2. The van der Waals surface area contributed by atoms with Crippen molar-refractivity contribution in [2.24, 2.45) is 0 Å². The van der Waals surface area contributed by atoms with Crippen LogP contribution in [0.15, 0.2) is 30.3 Å². The van der Waals surface area contributed by atoms with Crippen molar-refractivity contribution in [1.29, 1.82) is 0 Å². The molecule has 1 fully saturated rings. The first-order chi connectivity index (χ1) is 12.0. The number of carbonyl (C=O) groups is 3. The highest BCUT2D eigenvalue weighted by Crippen LogP contribution is 2.20. The van der Waals surface area contributed by atoms with Crippen molar-refractivity contribution in [2.75, 3.05) is 0 Å². The summed E-state index contributed by atoms with van der Waals surface area (Å²) in [6, 6.07) is 7.63. The van der Waals surface area contributed by atoms with Crippen LogP contribution < -0.4 is 5.32 Å². The van der Waals surface area contributed by atoms with Crippen LogP contribution in [0.5, 0.6) is 0 Å². The molecule has 0 aliphatic heterocycles. The maximum atomic E-state index is 11.9. The van der Waals surface area contributed by atoms with Gasteiger partial charge < -0.3 is 19.9 Å². The van der Waals surface area contributed by atoms with Gasteiger partial charge in [-0.1, -0.05) is 36.8 Å². The zero-order valence-corrected chi connectivity index (χ0v) is 14.0. The molecular weight excluding hydrogens is 326 g/mol. The third-order valence-electron chi connectivity index (χ3n) is 4.02. The van der Waals surface area contributed by atoms with Crippen molar-refractivity contribution in [2.45, 2.75) is 57.3 Å². The highest BCUT2D eigenvalue weighted by Gasteiger charge is 2.26. The van der Waals surface area contributed by atoms with E-state index in [-0.39, 0.29) is 12.7 Å². The van der Waals surface area contributed by atoms with Crippen molar-refractivity contribution >= 4 is 18.0 Å². The maximum absolute atomic E-state index is 11.9. The second-order valence-corrected chi connectivity index (χ2v) is 6.05. The number of esters is 1. The van der Waals surface area contributed by atoms with Gasteiger partial charge in [-0.2, -0.15) is 0 Å². The monoisotopic (exact) mass is 349 g/mol. The Bertz CT molecular complexity index is 582. The fraction of sp³-hybridized carbons (Fsp3) is 0.500. The van der Waals surface area contributed by atoms with Crippen LogP contribution in [0.2, 0.25) is 0 Å². The number of aliphatic carboxylic acids is 1. The fourth-order valence-corrected chi connectivity index (χ4v) is 2.69. The van der Waals surface area contributed by atoms with E-state index < -0.39 is 30.5 Å². The molecule has 1 saturated carbocycles. The molecule has 136 valence electrons. The SMILES string of the molecule is O=C(C[C@@H](NC(=O)OCc1ccccc1)C(=O)O)OC1CCCCC1. The van der Waals surface area contributed by atoms with E-state index in [1.165, 1.54) is 0 Å². The lowest BCUT2D eigenvalue weighted by Gasteiger charge is -2.22. The highest BCUT2D eigenvalue weighted by atomic mass is 16.6.